The first-order valence-electron chi connectivity index (χ1n) is 4.56. The van der Waals surface area contributed by atoms with Crippen molar-refractivity contribution in [1.82, 2.24) is 4.90 Å². The lowest BCUT2D eigenvalue weighted by Crippen LogP contribution is -2.48. The van der Waals surface area contributed by atoms with E-state index in [0.717, 1.165) is 0 Å². The fourth-order valence-corrected chi connectivity index (χ4v) is 1.12. The average Bonchev–Trinajstić information content (AvgIpc) is 1.98. The van der Waals surface area contributed by atoms with E-state index in [-0.39, 0.29) is 11.6 Å². The Balaban J connectivity index is 4.19. The molecule has 2 atom stereocenters. The van der Waals surface area contributed by atoms with Crippen molar-refractivity contribution in [2.24, 2.45) is 0 Å². The number of hydrogen-bond acceptors (Lipinski definition) is 2. The van der Waals surface area contributed by atoms with Gasteiger partial charge in [0.05, 0.1) is 6.10 Å². The third kappa shape index (κ3) is 3.11. The van der Waals surface area contributed by atoms with Gasteiger partial charge in [0.1, 0.15) is 0 Å². The Kier molecular flexibility index (Phi) is 4.21. The van der Waals surface area contributed by atoms with Gasteiger partial charge in [-0.3, -0.25) is 4.90 Å². The summed E-state index contributed by atoms with van der Waals surface area (Å²) in [6.07, 6.45) is 0.286. The molecule has 0 saturated heterocycles. The molecule has 0 aliphatic rings. The van der Waals surface area contributed by atoms with Crippen molar-refractivity contribution in [2.75, 3.05) is 14.2 Å². The highest BCUT2D eigenvalue weighted by atomic mass is 16.5. The molecule has 0 radical (unpaired) electrons. The highest BCUT2D eigenvalue weighted by Crippen LogP contribution is 2.16. The molecule has 0 aromatic heterocycles. The smallest absolute Gasteiger partial charge is 0.0695 e. The summed E-state index contributed by atoms with van der Waals surface area (Å²) in [5.41, 5.74) is 0.214. The molecule has 0 rings (SSSR count). The van der Waals surface area contributed by atoms with Crippen LogP contribution in [0, 0.1) is 0 Å². The molecule has 0 saturated carbocycles. The zero-order valence-corrected chi connectivity index (χ0v) is 9.51. The molecule has 2 heteroatoms. The number of methoxy groups -OCH3 is 1. The zero-order chi connectivity index (χ0) is 9.94. The molecule has 0 heterocycles. The summed E-state index contributed by atoms with van der Waals surface area (Å²) in [7, 11) is 3.90. The van der Waals surface area contributed by atoms with Crippen LogP contribution in [0.3, 0.4) is 0 Å². The third-order valence-corrected chi connectivity index (χ3v) is 2.72. The summed E-state index contributed by atoms with van der Waals surface area (Å²) in [5.74, 6) is 0. The van der Waals surface area contributed by atoms with Gasteiger partial charge in [-0.1, -0.05) is 0 Å². The van der Waals surface area contributed by atoms with Crippen LogP contribution in [-0.4, -0.2) is 36.7 Å². The summed E-state index contributed by atoms with van der Waals surface area (Å²) >= 11 is 0. The summed E-state index contributed by atoms with van der Waals surface area (Å²) in [4.78, 5) is 2.33. The molecule has 0 aliphatic heterocycles. The van der Waals surface area contributed by atoms with Crippen molar-refractivity contribution < 1.29 is 4.74 Å². The summed E-state index contributed by atoms with van der Waals surface area (Å²) in [5, 5.41) is 0. The molecule has 2 nitrogen and oxygen atoms in total. The second-order valence-electron chi connectivity index (χ2n) is 4.46. The topological polar surface area (TPSA) is 12.5 Å². The molecule has 0 aliphatic carbocycles. The summed E-state index contributed by atoms with van der Waals surface area (Å²) in [6.45, 7) is 10.9. The number of ether oxygens (including phenoxy) is 1. The predicted octanol–water partition coefficient (Wildman–Crippen LogP) is 2.14. The van der Waals surface area contributed by atoms with Crippen molar-refractivity contribution in [3.63, 3.8) is 0 Å². The first-order valence-corrected chi connectivity index (χ1v) is 4.56. The predicted molar refractivity (Wildman–Crippen MR) is 53.4 cm³/mol. The van der Waals surface area contributed by atoms with Gasteiger partial charge in [0, 0.05) is 18.7 Å². The molecule has 0 fully saturated rings. The van der Waals surface area contributed by atoms with Gasteiger partial charge in [-0.25, -0.2) is 0 Å². The van der Waals surface area contributed by atoms with Gasteiger partial charge in [-0.15, -0.1) is 0 Å². The van der Waals surface area contributed by atoms with E-state index < -0.39 is 0 Å². The number of likely N-dealkylation sites (N-methyl/N-ethyl adjacent to an activating group) is 1. The monoisotopic (exact) mass is 173 g/mol. The SMILES string of the molecule is COC(C)[C@@H](C)N(C)C(C)(C)C. The van der Waals surface area contributed by atoms with Gasteiger partial charge < -0.3 is 4.74 Å². The van der Waals surface area contributed by atoms with Crippen LogP contribution in [0.5, 0.6) is 0 Å². The average molecular weight is 173 g/mol. The van der Waals surface area contributed by atoms with Crippen LogP contribution in [0.4, 0.5) is 0 Å². The molecular formula is C10H23NO. The van der Waals surface area contributed by atoms with Crippen molar-refractivity contribution in [3.8, 4) is 0 Å². The maximum absolute atomic E-state index is 5.29. The Morgan fingerprint density at radius 3 is 1.83 bits per heavy atom. The molecule has 0 aromatic rings. The minimum atomic E-state index is 0.214. The molecule has 0 aromatic carbocycles. The molecule has 12 heavy (non-hydrogen) atoms. The van der Waals surface area contributed by atoms with Crippen molar-refractivity contribution in [2.45, 2.75) is 52.3 Å². The second-order valence-corrected chi connectivity index (χ2v) is 4.46. The molecule has 0 bridgehead atoms. The van der Waals surface area contributed by atoms with Gasteiger partial charge in [0.15, 0.2) is 0 Å². The zero-order valence-electron chi connectivity index (χ0n) is 9.51. The van der Waals surface area contributed by atoms with E-state index in [1.165, 1.54) is 0 Å². The number of nitrogens with zero attached hydrogens (tertiary/aromatic N) is 1. The van der Waals surface area contributed by atoms with E-state index >= 15 is 0 Å². The third-order valence-electron chi connectivity index (χ3n) is 2.72. The van der Waals surface area contributed by atoms with E-state index in [2.05, 4.69) is 46.6 Å². The van der Waals surface area contributed by atoms with Gasteiger partial charge in [0.2, 0.25) is 0 Å². The Morgan fingerprint density at radius 2 is 1.58 bits per heavy atom. The van der Waals surface area contributed by atoms with Gasteiger partial charge >= 0.3 is 0 Å². The minimum absolute atomic E-state index is 0.214. The molecule has 0 amide bonds. The quantitative estimate of drug-likeness (QED) is 0.648. The number of rotatable bonds is 3. The van der Waals surface area contributed by atoms with Crippen molar-refractivity contribution in [3.05, 3.63) is 0 Å². The Bertz CT molecular complexity index is 128. The highest BCUT2D eigenvalue weighted by Gasteiger charge is 2.25. The summed E-state index contributed by atoms with van der Waals surface area (Å²) in [6, 6.07) is 0.454. The first-order chi connectivity index (χ1) is 5.30. The normalized spacial score (nSPS) is 18.0. The van der Waals surface area contributed by atoms with Gasteiger partial charge in [-0.05, 0) is 41.7 Å². The highest BCUT2D eigenvalue weighted by molar-refractivity contribution is 4.80. The van der Waals surface area contributed by atoms with Crippen LogP contribution in [0.15, 0.2) is 0 Å². The Hall–Kier alpha value is -0.0800. The molecule has 0 N–H and O–H groups in total. The fourth-order valence-electron chi connectivity index (χ4n) is 1.12. The van der Waals surface area contributed by atoms with Crippen LogP contribution in [0.1, 0.15) is 34.6 Å². The van der Waals surface area contributed by atoms with Crippen LogP contribution in [0.25, 0.3) is 0 Å². The van der Waals surface area contributed by atoms with Crippen molar-refractivity contribution >= 4 is 0 Å². The van der Waals surface area contributed by atoms with Crippen LogP contribution in [-0.2, 0) is 4.74 Å². The van der Waals surface area contributed by atoms with E-state index in [1.807, 2.05) is 0 Å². The van der Waals surface area contributed by atoms with E-state index in [1.54, 1.807) is 7.11 Å². The maximum atomic E-state index is 5.29. The lowest BCUT2D eigenvalue weighted by atomic mass is 10.0. The second kappa shape index (κ2) is 4.24. The molecule has 1 unspecified atom stereocenters. The van der Waals surface area contributed by atoms with Crippen molar-refractivity contribution in [1.29, 1.82) is 0 Å². The van der Waals surface area contributed by atoms with Gasteiger partial charge in [-0.2, -0.15) is 0 Å². The van der Waals surface area contributed by atoms with E-state index in [4.69, 9.17) is 4.74 Å². The molecule has 0 spiro atoms. The standard InChI is InChI=1S/C10H23NO/c1-8(9(2)12-7)11(6)10(3,4)5/h8-9H,1-7H3/t8-,9?/m1/s1. The molecular weight excluding hydrogens is 150 g/mol. The Morgan fingerprint density at radius 1 is 1.17 bits per heavy atom. The lowest BCUT2D eigenvalue weighted by molar-refractivity contribution is 0.00881. The molecule has 74 valence electrons. The Labute approximate surface area is 76.9 Å². The largest absolute Gasteiger partial charge is 0.380 e. The lowest BCUT2D eigenvalue weighted by Gasteiger charge is -2.39. The fraction of sp³-hybridized carbons (Fsp3) is 1.00. The van der Waals surface area contributed by atoms with E-state index in [9.17, 15) is 0 Å². The van der Waals surface area contributed by atoms with Crippen LogP contribution < -0.4 is 0 Å². The first kappa shape index (κ1) is 11.9. The van der Waals surface area contributed by atoms with Crippen LogP contribution >= 0.6 is 0 Å². The van der Waals surface area contributed by atoms with E-state index in [0.29, 0.717) is 6.04 Å². The number of hydrogen-bond donors (Lipinski definition) is 0. The minimum Gasteiger partial charge on any atom is -0.380 e. The van der Waals surface area contributed by atoms with Gasteiger partial charge in [0.25, 0.3) is 0 Å². The summed E-state index contributed by atoms with van der Waals surface area (Å²) < 4.78 is 5.29. The maximum Gasteiger partial charge on any atom is 0.0695 e. The van der Waals surface area contributed by atoms with Crippen LogP contribution in [0.2, 0.25) is 0 Å².